The van der Waals surface area contributed by atoms with Crippen molar-refractivity contribution in [2.45, 2.75) is 20.3 Å². The second kappa shape index (κ2) is 5.36. The zero-order chi connectivity index (χ0) is 13.1. The van der Waals surface area contributed by atoms with Crippen molar-refractivity contribution in [1.29, 1.82) is 0 Å². The molecule has 0 saturated heterocycles. The van der Waals surface area contributed by atoms with Crippen molar-refractivity contribution in [3.63, 3.8) is 0 Å². The predicted octanol–water partition coefficient (Wildman–Crippen LogP) is 3.58. The van der Waals surface area contributed by atoms with Gasteiger partial charge in [0.15, 0.2) is 5.82 Å². The Hall–Kier alpha value is -1.61. The Labute approximate surface area is 112 Å². The van der Waals surface area contributed by atoms with E-state index in [1.165, 1.54) is 0 Å². The number of nitrogen functional groups attached to an aromatic ring is 1. The minimum atomic E-state index is 0.482. The highest BCUT2D eigenvalue weighted by atomic mass is 35.5. The number of halogens is 1. The highest BCUT2D eigenvalue weighted by Gasteiger charge is 2.09. The van der Waals surface area contributed by atoms with Gasteiger partial charge < -0.3 is 5.73 Å². The van der Waals surface area contributed by atoms with Crippen LogP contribution in [0.2, 0.25) is 5.02 Å². The molecule has 0 fully saturated rings. The Morgan fingerprint density at radius 1 is 1.22 bits per heavy atom. The average molecular weight is 262 g/mol. The molecule has 2 N–H and O–H groups in total. The minimum Gasteiger partial charge on any atom is -0.384 e. The molecule has 0 amide bonds. The van der Waals surface area contributed by atoms with E-state index in [9.17, 15) is 0 Å². The lowest BCUT2D eigenvalue weighted by atomic mass is 10.1. The summed E-state index contributed by atoms with van der Waals surface area (Å²) in [6, 6.07) is 9.34. The van der Waals surface area contributed by atoms with E-state index in [2.05, 4.69) is 23.8 Å². The zero-order valence-electron chi connectivity index (χ0n) is 10.5. The van der Waals surface area contributed by atoms with Gasteiger partial charge in [-0.2, -0.15) is 0 Å². The highest BCUT2D eigenvalue weighted by molar-refractivity contribution is 6.33. The number of nitrogens with two attached hydrogens (primary N) is 1. The molecule has 3 nitrogen and oxygen atoms in total. The quantitative estimate of drug-likeness (QED) is 0.919. The molecule has 0 aliphatic rings. The van der Waals surface area contributed by atoms with Crippen LogP contribution in [-0.4, -0.2) is 9.97 Å². The van der Waals surface area contributed by atoms with Crippen molar-refractivity contribution in [3.8, 4) is 11.4 Å². The van der Waals surface area contributed by atoms with Gasteiger partial charge in [0.1, 0.15) is 5.82 Å². The lowest BCUT2D eigenvalue weighted by molar-refractivity contribution is 0.635. The first-order valence-electron chi connectivity index (χ1n) is 5.94. The van der Waals surface area contributed by atoms with Gasteiger partial charge >= 0.3 is 0 Å². The van der Waals surface area contributed by atoms with Gasteiger partial charge in [0.2, 0.25) is 0 Å². The van der Waals surface area contributed by atoms with Crippen molar-refractivity contribution in [3.05, 3.63) is 41.0 Å². The maximum atomic E-state index is 6.15. The normalized spacial score (nSPS) is 10.9. The molecular weight excluding hydrogens is 246 g/mol. The van der Waals surface area contributed by atoms with E-state index in [4.69, 9.17) is 17.3 Å². The molecule has 18 heavy (non-hydrogen) atoms. The fourth-order valence-electron chi connectivity index (χ4n) is 1.80. The van der Waals surface area contributed by atoms with E-state index in [-0.39, 0.29) is 0 Å². The first-order chi connectivity index (χ1) is 8.56. The van der Waals surface area contributed by atoms with E-state index in [0.29, 0.717) is 22.6 Å². The molecule has 0 radical (unpaired) electrons. The van der Waals surface area contributed by atoms with Gasteiger partial charge in [-0.15, -0.1) is 0 Å². The van der Waals surface area contributed by atoms with Crippen LogP contribution < -0.4 is 5.73 Å². The van der Waals surface area contributed by atoms with Crippen LogP contribution in [-0.2, 0) is 6.42 Å². The number of nitrogens with zero attached hydrogens (tertiary/aromatic N) is 2. The topological polar surface area (TPSA) is 51.8 Å². The van der Waals surface area contributed by atoms with Gasteiger partial charge in [0.05, 0.1) is 5.02 Å². The molecule has 2 rings (SSSR count). The summed E-state index contributed by atoms with van der Waals surface area (Å²) in [4.78, 5) is 8.78. The van der Waals surface area contributed by atoms with Crippen LogP contribution in [0.25, 0.3) is 11.4 Å². The summed E-state index contributed by atoms with van der Waals surface area (Å²) in [6.45, 7) is 4.29. The fraction of sp³-hybridized carbons (Fsp3) is 0.286. The van der Waals surface area contributed by atoms with Crippen molar-refractivity contribution in [2.75, 3.05) is 5.73 Å². The maximum Gasteiger partial charge on any atom is 0.163 e. The zero-order valence-corrected chi connectivity index (χ0v) is 11.3. The molecule has 0 saturated carbocycles. The smallest absolute Gasteiger partial charge is 0.163 e. The highest BCUT2D eigenvalue weighted by Crippen LogP contribution is 2.25. The third-order valence-corrected chi connectivity index (χ3v) is 2.86. The summed E-state index contributed by atoms with van der Waals surface area (Å²) in [5.74, 6) is 1.60. The number of anilines is 1. The fourth-order valence-corrected chi connectivity index (χ4v) is 2.02. The van der Waals surface area contributed by atoms with E-state index >= 15 is 0 Å². The molecular formula is C14H16ClN3. The lowest BCUT2D eigenvalue weighted by Crippen LogP contribution is -2.03. The molecule has 1 aromatic heterocycles. The van der Waals surface area contributed by atoms with E-state index in [1.54, 1.807) is 0 Å². The SMILES string of the molecule is CC(C)Cc1cc(N)nc(-c2ccccc2Cl)n1. The predicted molar refractivity (Wildman–Crippen MR) is 75.4 cm³/mol. The standard InChI is InChI=1S/C14H16ClN3/c1-9(2)7-10-8-13(16)18-14(17-10)11-5-3-4-6-12(11)15/h3-6,8-9H,7H2,1-2H3,(H2,16,17,18). The van der Waals surface area contributed by atoms with Crippen LogP contribution in [0.4, 0.5) is 5.82 Å². The summed E-state index contributed by atoms with van der Waals surface area (Å²) in [5.41, 5.74) is 7.60. The van der Waals surface area contributed by atoms with Gasteiger partial charge in [-0.25, -0.2) is 9.97 Å². The summed E-state index contributed by atoms with van der Waals surface area (Å²) in [7, 11) is 0. The first kappa shape index (κ1) is 12.8. The van der Waals surface area contributed by atoms with Crippen LogP contribution in [0.15, 0.2) is 30.3 Å². The number of hydrogen-bond acceptors (Lipinski definition) is 3. The lowest BCUT2D eigenvalue weighted by Gasteiger charge is -2.08. The van der Waals surface area contributed by atoms with E-state index < -0.39 is 0 Å². The minimum absolute atomic E-state index is 0.482. The monoisotopic (exact) mass is 261 g/mol. The molecule has 0 atom stereocenters. The number of hydrogen-bond donors (Lipinski definition) is 1. The Bertz CT molecular complexity index is 552. The van der Waals surface area contributed by atoms with Gasteiger partial charge in [0.25, 0.3) is 0 Å². The molecule has 1 aromatic carbocycles. The van der Waals surface area contributed by atoms with E-state index in [1.807, 2.05) is 30.3 Å². The summed E-state index contributed by atoms with van der Waals surface area (Å²) in [5, 5.41) is 0.638. The van der Waals surface area contributed by atoms with Gasteiger partial charge in [0, 0.05) is 17.3 Å². The second-order valence-electron chi connectivity index (χ2n) is 4.69. The molecule has 0 unspecified atom stereocenters. The molecule has 1 heterocycles. The summed E-state index contributed by atoms with van der Waals surface area (Å²) >= 11 is 6.15. The van der Waals surface area contributed by atoms with Crippen molar-refractivity contribution in [1.82, 2.24) is 9.97 Å². The van der Waals surface area contributed by atoms with Gasteiger partial charge in [-0.3, -0.25) is 0 Å². The Kier molecular flexibility index (Phi) is 3.82. The third-order valence-electron chi connectivity index (χ3n) is 2.53. The molecule has 0 bridgehead atoms. The van der Waals surface area contributed by atoms with Crippen LogP contribution in [0.1, 0.15) is 19.5 Å². The number of rotatable bonds is 3. The Morgan fingerprint density at radius 2 is 1.94 bits per heavy atom. The molecule has 4 heteroatoms. The van der Waals surface area contributed by atoms with Crippen LogP contribution in [0.5, 0.6) is 0 Å². The Morgan fingerprint density at radius 3 is 2.61 bits per heavy atom. The van der Waals surface area contributed by atoms with Gasteiger partial charge in [-0.05, 0) is 24.5 Å². The molecule has 0 aliphatic heterocycles. The number of benzene rings is 1. The van der Waals surface area contributed by atoms with Crippen LogP contribution in [0, 0.1) is 5.92 Å². The first-order valence-corrected chi connectivity index (χ1v) is 6.32. The molecule has 0 aliphatic carbocycles. The molecule has 0 spiro atoms. The van der Waals surface area contributed by atoms with Crippen molar-refractivity contribution < 1.29 is 0 Å². The van der Waals surface area contributed by atoms with E-state index in [0.717, 1.165) is 17.7 Å². The summed E-state index contributed by atoms with van der Waals surface area (Å²) in [6.07, 6.45) is 0.879. The average Bonchev–Trinajstić information content (AvgIpc) is 2.27. The van der Waals surface area contributed by atoms with Gasteiger partial charge in [-0.1, -0.05) is 37.6 Å². The van der Waals surface area contributed by atoms with Crippen LogP contribution >= 0.6 is 11.6 Å². The van der Waals surface area contributed by atoms with Crippen molar-refractivity contribution in [2.24, 2.45) is 5.92 Å². The maximum absolute atomic E-state index is 6.15. The molecule has 2 aromatic rings. The van der Waals surface area contributed by atoms with Crippen molar-refractivity contribution >= 4 is 17.4 Å². The van der Waals surface area contributed by atoms with Crippen LogP contribution in [0.3, 0.4) is 0 Å². The Balaban J connectivity index is 2.45. The molecule has 94 valence electrons. The largest absolute Gasteiger partial charge is 0.384 e. The number of aromatic nitrogens is 2. The second-order valence-corrected chi connectivity index (χ2v) is 5.09. The third kappa shape index (κ3) is 2.99. The summed E-state index contributed by atoms with van der Waals surface area (Å²) < 4.78 is 0.